The van der Waals surface area contributed by atoms with Gasteiger partial charge in [0, 0.05) is 56.3 Å². The van der Waals surface area contributed by atoms with Crippen LogP contribution < -0.4 is 5.32 Å². The SMILES string of the molecule is CCNC(=NCc1oc2ccc(F)cc2c1C)N1CCN(Cc2ccon2)CC1.I. The van der Waals surface area contributed by atoms with Crippen LogP contribution in [0.4, 0.5) is 4.39 Å². The molecule has 0 bridgehead atoms. The van der Waals surface area contributed by atoms with Gasteiger partial charge < -0.3 is 19.2 Å². The van der Waals surface area contributed by atoms with Gasteiger partial charge in [-0.3, -0.25) is 4.90 Å². The van der Waals surface area contributed by atoms with Crippen LogP contribution in [0.5, 0.6) is 0 Å². The molecule has 3 heterocycles. The lowest BCUT2D eigenvalue weighted by Gasteiger charge is -2.36. The number of benzene rings is 1. The second-order valence-electron chi connectivity index (χ2n) is 7.21. The molecule has 0 spiro atoms. The second-order valence-corrected chi connectivity index (χ2v) is 7.21. The third-order valence-corrected chi connectivity index (χ3v) is 5.25. The number of aromatic nitrogens is 1. The minimum atomic E-state index is -0.256. The molecule has 0 unspecified atom stereocenters. The Morgan fingerprint density at radius 2 is 2.03 bits per heavy atom. The maximum absolute atomic E-state index is 13.5. The Morgan fingerprint density at radius 1 is 1.23 bits per heavy atom. The monoisotopic (exact) mass is 527 g/mol. The quantitative estimate of drug-likeness (QED) is 0.310. The molecule has 1 fully saturated rings. The molecule has 4 rings (SSSR count). The van der Waals surface area contributed by atoms with Gasteiger partial charge in [-0.1, -0.05) is 5.16 Å². The highest BCUT2D eigenvalue weighted by atomic mass is 127. The maximum Gasteiger partial charge on any atom is 0.194 e. The molecule has 30 heavy (non-hydrogen) atoms. The first-order valence-corrected chi connectivity index (χ1v) is 9.96. The molecule has 1 saturated heterocycles. The van der Waals surface area contributed by atoms with Gasteiger partial charge in [-0.15, -0.1) is 24.0 Å². The third kappa shape index (κ3) is 5.12. The summed E-state index contributed by atoms with van der Waals surface area (Å²) >= 11 is 0. The topological polar surface area (TPSA) is 70.0 Å². The van der Waals surface area contributed by atoms with Crippen molar-refractivity contribution in [2.24, 2.45) is 4.99 Å². The first-order valence-electron chi connectivity index (χ1n) is 9.96. The van der Waals surface area contributed by atoms with Crippen LogP contribution in [0, 0.1) is 12.7 Å². The van der Waals surface area contributed by atoms with Crippen LogP contribution in [0.3, 0.4) is 0 Å². The molecular formula is C21H27FIN5O2. The molecule has 0 saturated carbocycles. The van der Waals surface area contributed by atoms with Gasteiger partial charge in [0.2, 0.25) is 0 Å². The number of hydrogen-bond acceptors (Lipinski definition) is 5. The number of hydrogen-bond donors (Lipinski definition) is 1. The largest absolute Gasteiger partial charge is 0.459 e. The van der Waals surface area contributed by atoms with Crippen LogP contribution in [0.1, 0.15) is 23.9 Å². The zero-order valence-electron chi connectivity index (χ0n) is 17.2. The average Bonchev–Trinajstić information content (AvgIpc) is 3.34. The molecule has 2 aromatic heterocycles. The summed E-state index contributed by atoms with van der Waals surface area (Å²) in [6, 6.07) is 6.51. The summed E-state index contributed by atoms with van der Waals surface area (Å²) in [6.07, 6.45) is 1.61. The Kier molecular flexibility index (Phi) is 7.70. The van der Waals surface area contributed by atoms with Crippen LogP contribution >= 0.6 is 24.0 Å². The van der Waals surface area contributed by atoms with Gasteiger partial charge in [-0.2, -0.15) is 0 Å². The van der Waals surface area contributed by atoms with Crippen LogP contribution in [0.25, 0.3) is 11.0 Å². The lowest BCUT2D eigenvalue weighted by atomic mass is 10.1. The number of piperazine rings is 1. The first kappa shape index (κ1) is 22.5. The van der Waals surface area contributed by atoms with Crippen molar-refractivity contribution in [1.82, 2.24) is 20.3 Å². The van der Waals surface area contributed by atoms with E-state index in [1.165, 1.54) is 12.1 Å². The lowest BCUT2D eigenvalue weighted by molar-refractivity contribution is 0.169. The molecule has 3 aromatic rings. The van der Waals surface area contributed by atoms with Crippen molar-refractivity contribution in [3.8, 4) is 0 Å². The number of nitrogens with one attached hydrogen (secondary N) is 1. The zero-order chi connectivity index (χ0) is 20.2. The van der Waals surface area contributed by atoms with E-state index in [1.807, 2.05) is 13.0 Å². The summed E-state index contributed by atoms with van der Waals surface area (Å²) in [5.74, 6) is 1.39. The normalized spacial score (nSPS) is 15.4. The van der Waals surface area contributed by atoms with Gasteiger partial charge in [-0.05, 0) is 32.0 Å². The highest BCUT2D eigenvalue weighted by Gasteiger charge is 2.20. The predicted octanol–water partition coefficient (Wildman–Crippen LogP) is 3.77. The van der Waals surface area contributed by atoms with E-state index in [0.717, 1.165) is 67.6 Å². The highest BCUT2D eigenvalue weighted by Crippen LogP contribution is 2.26. The predicted molar refractivity (Wildman–Crippen MR) is 124 cm³/mol. The van der Waals surface area contributed by atoms with Crippen LogP contribution in [-0.4, -0.2) is 53.6 Å². The van der Waals surface area contributed by atoms with Gasteiger partial charge in [0.05, 0.1) is 5.69 Å². The van der Waals surface area contributed by atoms with Gasteiger partial charge in [0.15, 0.2) is 5.96 Å². The fourth-order valence-electron chi connectivity index (χ4n) is 3.63. The number of aryl methyl sites for hydroxylation is 1. The molecule has 0 aliphatic carbocycles. The summed E-state index contributed by atoms with van der Waals surface area (Å²) in [5.41, 5.74) is 2.59. The highest BCUT2D eigenvalue weighted by molar-refractivity contribution is 14.0. The molecule has 0 atom stereocenters. The molecule has 1 aliphatic heterocycles. The van der Waals surface area contributed by atoms with Gasteiger partial charge in [-0.25, -0.2) is 9.38 Å². The van der Waals surface area contributed by atoms with Crippen molar-refractivity contribution in [2.75, 3.05) is 32.7 Å². The fourth-order valence-corrected chi connectivity index (χ4v) is 3.63. The molecule has 0 radical (unpaired) electrons. The van der Waals surface area contributed by atoms with E-state index in [2.05, 4.69) is 27.2 Å². The molecule has 1 aliphatic rings. The van der Waals surface area contributed by atoms with Crippen molar-refractivity contribution >= 4 is 40.9 Å². The Bertz CT molecular complexity index is 981. The van der Waals surface area contributed by atoms with E-state index in [-0.39, 0.29) is 29.8 Å². The molecule has 1 N–H and O–H groups in total. The maximum atomic E-state index is 13.5. The first-order chi connectivity index (χ1) is 14.1. The summed E-state index contributed by atoms with van der Waals surface area (Å²) in [7, 11) is 0. The summed E-state index contributed by atoms with van der Waals surface area (Å²) in [6.45, 7) is 9.65. The van der Waals surface area contributed by atoms with Crippen molar-refractivity contribution < 1.29 is 13.3 Å². The number of aliphatic imine (C=N–C) groups is 1. The number of rotatable bonds is 5. The van der Waals surface area contributed by atoms with Crippen LogP contribution in [0.2, 0.25) is 0 Å². The summed E-state index contributed by atoms with van der Waals surface area (Å²) in [4.78, 5) is 9.41. The Labute approximate surface area is 192 Å². The number of halogens is 2. The lowest BCUT2D eigenvalue weighted by Crippen LogP contribution is -2.52. The minimum Gasteiger partial charge on any atom is -0.459 e. The van der Waals surface area contributed by atoms with Crippen LogP contribution in [0.15, 0.2) is 44.5 Å². The zero-order valence-corrected chi connectivity index (χ0v) is 19.6. The Hall–Kier alpha value is -2.14. The van der Waals surface area contributed by atoms with Crippen molar-refractivity contribution in [2.45, 2.75) is 26.9 Å². The van der Waals surface area contributed by atoms with Crippen molar-refractivity contribution in [3.05, 3.63) is 53.4 Å². The fraction of sp³-hybridized carbons (Fsp3) is 0.429. The molecule has 0 amide bonds. The second kappa shape index (κ2) is 10.3. The van der Waals surface area contributed by atoms with Gasteiger partial charge in [0.25, 0.3) is 0 Å². The van der Waals surface area contributed by atoms with E-state index >= 15 is 0 Å². The van der Waals surface area contributed by atoms with E-state index in [4.69, 9.17) is 13.9 Å². The van der Waals surface area contributed by atoms with Gasteiger partial charge in [0.1, 0.15) is 30.0 Å². The molecule has 9 heteroatoms. The van der Waals surface area contributed by atoms with E-state index in [0.29, 0.717) is 12.1 Å². The number of furan rings is 1. The molecular weight excluding hydrogens is 500 g/mol. The summed E-state index contributed by atoms with van der Waals surface area (Å²) in [5, 5.41) is 8.17. The summed E-state index contributed by atoms with van der Waals surface area (Å²) < 4.78 is 24.3. The number of guanidine groups is 1. The standard InChI is InChI=1S/C21H26FN5O2.HI/c1-3-23-21(27-9-7-26(8-10-27)14-17-6-11-28-25-17)24-13-20-15(2)18-12-16(22)4-5-19(18)29-20;/h4-6,11-12H,3,7-10,13-14H2,1-2H3,(H,23,24);1H. The van der Waals surface area contributed by atoms with Crippen molar-refractivity contribution in [1.29, 1.82) is 0 Å². The van der Waals surface area contributed by atoms with E-state index in [9.17, 15) is 4.39 Å². The molecule has 162 valence electrons. The number of fused-ring (bicyclic) bond motifs is 1. The Balaban J connectivity index is 0.00000256. The molecule has 7 nitrogen and oxygen atoms in total. The van der Waals surface area contributed by atoms with E-state index in [1.54, 1.807) is 12.3 Å². The van der Waals surface area contributed by atoms with E-state index < -0.39 is 0 Å². The average molecular weight is 527 g/mol. The minimum absolute atomic E-state index is 0. The van der Waals surface area contributed by atoms with Gasteiger partial charge >= 0.3 is 0 Å². The molecule has 1 aromatic carbocycles. The van der Waals surface area contributed by atoms with Crippen molar-refractivity contribution in [3.63, 3.8) is 0 Å². The third-order valence-electron chi connectivity index (χ3n) is 5.25. The number of nitrogens with zero attached hydrogens (tertiary/aromatic N) is 4. The van der Waals surface area contributed by atoms with Crippen LogP contribution in [-0.2, 0) is 13.1 Å². The Morgan fingerprint density at radius 3 is 2.73 bits per heavy atom. The smallest absolute Gasteiger partial charge is 0.194 e.